The first-order chi connectivity index (χ1) is 10.4. The SMILES string of the molecule is CC(C)(C)OC(=O)NCCc1c(O)ccc(OS(C)(=O)=O)c1Br. The van der Waals surface area contributed by atoms with Crippen LogP contribution < -0.4 is 9.50 Å². The maximum absolute atomic E-state index is 11.6. The molecule has 2 N–H and O–H groups in total. The molecule has 0 aliphatic rings. The van der Waals surface area contributed by atoms with E-state index < -0.39 is 21.8 Å². The zero-order valence-electron chi connectivity index (χ0n) is 13.3. The van der Waals surface area contributed by atoms with Gasteiger partial charge in [0.2, 0.25) is 0 Å². The molecule has 0 aliphatic carbocycles. The number of halogens is 1. The molecule has 0 saturated carbocycles. The molecule has 1 aromatic rings. The Morgan fingerprint density at radius 2 is 1.96 bits per heavy atom. The fourth-order valence-electron chi connectivity index (χ4n) is 1.66. The van der Waals surface area contributed by atoms with Gasteiger partial charge >= 0.3 is 16.2 Å². The van der Waals surface area contributed by atoms with Crippen molar-refractivity contribution < 1.29 is 27.2 Å². The molecule has 9 heteroatoms. The molecule has 0 aromatic heterocycles. The Morgan fingerprint density at radius 3 is 2.48 bits per heavy atom. The number of carbonyl (C=O) groups is 1. The van der Waals surface area contributed by atoms with Gasteiger partial charge in [-0.1, -0.05) is 0 Å². The normalized spacial score (nSPS) is 11.9. The molecule has 23 heavy (non-hydrogen) atoms. The Bertz CT molecular complexity index is 681. The molecule has 0 bridgehead atoms. The van der Waals surface area contributed by atoms with Crippen LogP contribution in [0, 0.1) is 0 Å². The van der Waals surface area contributed by atoms with Crippen LogP contribution in [-0.4, -0.2) is 38.0 Å². The van der Waals surface area contributed by atoms with E-state index in [1.54, 1.807) is 20.8 Å². The molecule has 1 amide bonds. The molecule has 0 atom stereocenters. The van der Waals surface area contributed by atoms with Gasteiger partial charge in [0.1, 0.15) is 11.4 Å². The number of nitrogens with one attached hydrogen (secondary N) is 1. The summed E-state index contributed by atoms with van der Waals surface area (Å²) in [6.07, 6.45) is 0.611. The number of aromatic hydroxyl groups is 1. The van der Waals surface area contributed by atoms with Gasteiger partial charge in [-0.25, -0.2) is 4.79 Å². The van der Waals surface area contributed by atoms with Crippen molar-refractivity contribution >= 4 is 32.1 Å². The summed E-state index contributed by atoms with van der Waals surface area (Å²) in [5.74, 6) is 0.0290. The number of hydrogen-bond donors (Lipinski definition) is 2. The highest BCUT2D eigenvalue weighted by Gasteiger charge is 2.18. The number of alkyl carbamates (subject to hydrolysis) is 1. The van der Waals surface area contributed by atoms with Crippen LogP contribution in [0.15, 0.2) is 16.6 Å². The van der Waals surface area contributed by atoms with Gasteiger partial charge in [0.15, 0.2) is 5.75 Å². The van der Waals surface area contributed by atoms with Crippen LogP contribution >= 0.6 is 15.9 Å². The summed E-state index contributed by atoms with van der Waals surface area (Å²) in [6, 6.07) is 2.67. The maximum Gasteiger partial charge on any atom is 0.407 e. The summed E-state index contributed by atoms with van der Waals surface area (Å²) >= 11 is 3.21. The van der Waals surface area contributed by atoms with Crippen molar-refractivity contribution in [1.82, 2.24) is 5.32 Å². The van der Waals surface area contributed by atoms with E-state index in [1.807, 2.05) is 0 Å². The van der Waals surface area contributed by atoms with Crippen LogP contribution in [0.4, 0.5) is 4.79 Å². The molecular formula is C14H20BrNO6S. The van der Waals surface area contributed by atoms with Gasteiger partial charge in [-0.15, -0.1) is 0 Å². The highest BCUT2D eigenvalue weighted by Crippen LogP contribution is 2.35. The van der Waals surface area contributed by atoms with Gasteiger partial charge in [0.25, 0.3) is 0 Å². The lowest BCUT2D eigenvalue weighted by Crippen LogP contribution is -2.33. The van der Waals surface area contributed by atoms with Crippen molar-refractivity contribution in [1.29, 1.82) is 0 Å². The molecule has 0 unspecified atom stereocenters. The molecule has 0 fully saturated rings. The zero-order valence-corrected chi connectivity index (χ0v) is 15.7. The molecule has 0 spiro atoms. The number of benzene rings is 1. The fraction of sp³-hybridized carbons (Fsp3) is 0.500. The van der Waals surface area contributed by atoms with E-state index in [1.165, 1.54) is 12.1 Å². The zero-order chi connectivity index (χ0) is 17.8. The van der Waals surface area contributed by atoms with Crippen molar-refractivity contribution in [2.75, 3.05) is 12.8 Å². The second kappa shape index (κ2) is 7.39. The van der Waals surface area contributed by atoms with E-state index in [9.17, 15) is 18.3 Å². The van der Waals surface area contributed by atoms with Gasteiger partial charge in [0, 0.05) is 12.1 Å². The number of rotatable bonds is 5. The standard InChI is InChI=1S/C14H20BrNO6S/c1-14(2,3)21-13(18)16-8-7-9-10(17)5-6-11(12(9)15)22-23(4,19)20/h5-6,17H,7-8H2,1-4H3,(H,16,18). The van der Waals surface area contributed by atoms with E-state index in [4.69, 9.17) is 8.92 Å². The monoisotopic (exact) mass is 409 g/mol. The van der Waals surface area contributed by atoms with E-state index >= 15 is 0 Å². The molecule has 0 heterocycles. The van der Waals surface area contributed by atoms with E-state index in [-0.39, 0.29) is 24.5 Å². The topological polar surface area (TPSA) is 102 Å². The number of ether oxygens (including phenoxy) is 1. The quantitative estimate of drug-likeness (QED) is 0.724. The van der Waals surface area contributed by atoms with Gasteiger partial charge in [0.05, 0.1) is 10.7 Å². The Labute approximate surface area is 144 Å². The molecule has 1 aromatic carbocycles. The Morgan fingerprint density at radius 1 is 1.35 bits per heavy atom. The first-order valence-electron chi connectivity index (χ1n) is 6.76. The minimum absolute atomic E-state index is 0.0382. The Hall–Kier alpha value is -1.48. The lowest BCUT2D eigenvalue weighted by Gasteiger charge is -2.19. The number of amides is 1. The van der Waals surface area contributed by atoms with E-state index in [0.29, 0.717) is 10.0 Å². The van der Waals surface area contributed by atoms with Crippen LogP contribution in [-0.2, 0) is 21.3 Å². The van der Waals surface area contributed by atoms with Crippen LogP contribution in [0.1, 0.15) is 26.3 Å². The summed E-state index contributed by atoms with van der Waals surface area (Å²) < 4.78 is 32.6. The molecule has 0 radical (unpaired) electrons. The fourth-order valence-corrected chi connectivity index (χ4v) is 2.85. The van der Waals surface area contributed by atoms with Gasteiger partial charge in [-0.3, -0.25) is 0 Å². The van der Waals surface area contributed by atoms with Crippen molar-refractivity contribution in [2.45, 2.75) is 32.8 Å². The average Bonchev–Trinajstić information content (AvgIpc) is 2.33. The van der Waals surface area contributed by atoms with E-state index in [0.717, 1.165) is 6.26 Å². The van der Waals surface area contributed by atoms with Gasteiger partial charge in [-0.05, 0) is 55.3 Å². The second-order valence-corrected chi connectivity index (χ2v) is 8.21. The predicted molar refractivity (Wildman–Crippen MR) is 89.2 cm³/mol. The highest BCUT2D eigenvalue weighted by molar-refractivity contribution is 9.10. The number of phenolic OH excluding ortho intramolecular Hbond substituents is 1. The van der Waals surface area contributed by atoms with Crippen LogP contribution in [0.2, 0.25) is 0 Å². The van der Waals surface area contributed by atoms with E-state index in [2.05, 4.69) is 21.2 Å². The third-order valence-electron chi connectivity index (χ3n) is 2.47. The Kier molecular flexibility index (Phi) is 6.29. The third-order valence-corrected chi connectivity index (χ3v) is 3.82. The van der Waals surface area contributed by atoms with Crippen molar-refractivity contribution in [3.8, 4) is 11.5 Å². The molecular weight excluding hydrogens is 390 g/mol. The largest absolute Gasteiger partial charge is 0.508 e. The van der Waals surface area contributed by atoms with Crippen LogP contribution in [0.5, 0.6) is 11.5 Å². The van der Waals surface area contributed by atoms with Gasteiger partial charge < -0.3 is 19.3 Å². The predicted octanol–water partition coefficient (Wildman–Crippen LogP) is 2.56. The summed E-state index contributed by atoms with van der Waals surface area (Å²) in [4.78, 5) is 11.6. The summed E-state index contributed by atoms with van der Waals surface area (Å²) in [6.45, 7) is 5.45. The lowest BCUT2D eigenvalue weighted by molar-refractivity contribution is 0.0528. The molecule has 130 valence electrons. The summed E-state index contributed by atoms with van der Waals surface area (Å²) in [5, 5.41) is 12.4. The summed E-state index contributed by atoms with van der Waals surface area (Å²) in [7, 11) is -3.68. The van der Waals surface area contributed by atoms with Crippen molar-refractivity contribution in [3.63, 3.8) is 0 Å². The minimum Gasteiger partial charge on any atom is -0.508 e. The van der Waals surface area contributed by atoms with Crippen LogP contribution in [0.25, 0.3) is 0 Å². The number of hydrogen-bond acceptors (Lipinski definition) is 6. The van der Waals surface area contributed by atoms with Gasteiger partial charge in [-0.2, -0.15) is 8.42 Å². The number of phenols is 1. The highest BCUT2D eigenvalue weighted by atomic mass is 79.9. The number of carbonyl (C=O) groups excluding carboxylic acids is 1. The molecule has 0 aliphatic heterocycles. The molecule has 7 nitrogen and oxygen atoms in total. The molecule has 1 rings (SSSR count). The van der Waals surface area contributed by atoms with Crippen molar-refractivity contribution in [3.05, 3.63) is 22.2 Å². The smallest absolute Gasteiger partial charge is 0.407 e. The second-order valence-electron chi connectivity index (χ2n) is 5.84. The molecule has 0 saturated heterocycles. The first kappa shape index (κ1) is 19.6. The van der Waals surface area contributed by atoms with Crippen molar-refractivity contribution in [2.24, 2.45) is 0 Å². The minimum atomic E-state index is -3.68. The third kappa shape index (κ3) is 7.08. The maximum atomic E-state index is 11.6. The van der Waals surface area contributed by atoms with Crippen LogP contribution in [0.3, 0.4) is 0 Å². The first-order valence-corrected chi connectivity index (χ1v) is 9.36. The summed E-state index contributed by atoms with van der Waals surface area (Å²) in [5.41, 5.74) is -0.182. The Balaban J connectivity index is 2.77. The average molecular weight is 410 g/mol. The lowest BCUT2D eigenvalue weighted by atomic mass is 10.1.